The van der Waals surface area contributed by atoms with Crippen molar-refractivity contribution in [3.8, 4) is 0 Å². The summed E-state index contributed by atoms with van der Waals surface area (Å²) in [5.41, 5.74) is 2.85. The third-order valence-corrected chi connectivity index (χ3v) is 4.71. The van der Waals surface area contributed by atoms with E-state index >= 15 is 0 Å². The lowest BCUT2D eigenvalue weighted by Crippen LogP contribution is -2.44. The number of benzene rings is 1. The Morgan fingerprint density at radius 3 is 2.38 bits per heavy atom. The maximum atomic E-state index is 10.4. The minimum absolute atomic E-state index is 0.181. The van der Waals surface area contributed by atoms with E-state index in [-0.39, 0.29) is 10.6 Å². The summed E-state index contributed by atoms with van der Waals surface area (Å²) < 4.78 is 0.346. The topological polar surface area (TPSA) is 108 Å². The van der Waals surface area contributed by atoms with Crippen LogP contribution in [-0.2, 0) is 6.42 Å². The molecule has 9 heteroatoms. The van der Waals surface area contributed by atoms with Crippen LogP contribution in [0.4, 0.5) is 11.5 Å². The second kappa shape index (κ2) is 17.2. The number of hydrogen-bond donors (Lipinski definition) is 2. The monoisotopic (exact) mass is 508 g/mol. The molecule has 0 saturated carbocycles. The molecule has 1 aromatic heterocycles. The number of aromatic nitrogens is 2. The number of nitrogens with zero attached hydrogens (tertiary/aromatic N) is 4. The van der Waals surface area contributed by atoms with Crippen molar-refractivity contribution in [2.75, 3.05) is 31.1 Å². The first-order chi connectivity index (χ1) is 15.4. The number of non-ortho nitro benzene ring substituents is 1. The SMILES string of the molecule is CC.CC.CCCc1cccc([N+](=O)[O-])c1.Cc1ncnc(N2CCNCC2)c1C(=N)Br. The molecule has 0 amide bonds. The van der Waals surface area contributed by atoms with Gasteiger partial charge in [0.05, 0.1) is 16.2 Å². The van der Waals surface area contributed by atoms with Crippen molar-refractivity contribution in [1.82, 2.24) is 15.3 Å². The molecule has 2 heterocycles. The number of hydrogen-bond acceptors (Lipinski definition) is 7. The van der Waals surface area contributed by atoms with Crippen LogP contribution in [0.15, 0.2) is 30.6 Å². The van der Waals surface area contributed by atoms with E-state index in [9.17, 15) is 10.1 Å². The molecule has 0 aliphatic carbocycles. The number of aryl methyl sites for hydroxylation is 2. The fourth-order valence-electron chi connectivity index (χ4n) is 2.95. The molecule has 1 aromatic carbocycles. The van der Waals surface area contributed by atoms with Crippen LogP contribution in [0.25, 0.3) is 0 Å². The van der Waals surface area contributed by atoms with Gasteiger partial charge in [-0.25, -0.2) is 9.97 Å². The van der Waals surface area contributed by atoms with E-state index < -0.39 is 0 Å². The standard InChI is InChI=1S/C10H14BrN5.C9H11NO2.2C2H6/c1-7-8(9(11)12)10(15-6-14-7)16-4-2-13-3-5-16;1-2-4-8-5-3-6-9(7-8)10(11)12;2*1-2/h6,12-13H,2-5H2,1H3;3,5-7H,2,4H2,1H3;2*1-2H3. The number of nitro benzene ring substituents is 1. The Balaban J connectivity index is 0.000000536. The van der Waals surface area contributed by atoms with Crippen molar-refractivity contribution in [1.29, 1.82) is 5.41 Å². The second-order valence-corrected chi connectivity index (χ2v) is 7.18. The predicted molar refractivity (Wildman–Crippen MR) is 137 cm³/mol. The molecular weight excluding hydrogens is 472 g/mol. The van der Waals surface area contributed by atoms with Gasteiger partial charge in [-0.15, -0.1) is 0 Å². The molecule has 0 unspecified atom stereocenters. The highest BCUT2D eigenvalue weighted by molar-refractivity contribution is 9.18. The molecule has 0 bridgehead atoms. The molecule has 3 rings (SSSR count). The van der Waals surface area contributed by atoms with Crippen molar-refractivity contribution in [2.24, 2.45) is 0 Å². The molecule has 1 fully saturated rings. The summed E-state index contributed by atoms with van der Waals surface area (Å²) in [5.74, 6) is 0.857. The summed E-state index contributed by atoms with van der Waals surface area (Å²) in [6, 6.07) is 6.78. The van der Waals surface area contributed by atoms with Crippen molar-refractivity contribution in [2.45, 2.75) is 54.4 Å². The molecule has 178 valence electrons. The second-order valence-electron chi connectivity index (χ2n) is 6.39. The zero-order chi connectivity index (χ0) is 24.5. The van der Waals surface area contributed by atoms with Crippen LogP contribution in [-0.4, -0.2) is 45.7 Å². The molecule has 0 spiro atoms. The third kappa shape index (κ3) is 9.82. The van der Waals surface area contributed by atoms with Gasteiger partial charge in [-0.05, 0) is 34.8 Å². The highest BCUT2D eigenvalue weighted by Gasteiger charge is 2.19. The van der Waals surface area contributed by atoms with Gasteiger partial charge in [-0.3, -0.25) is 15.5 Å². The van der Waals surface area contributed by atoms with Crippen LogP contribution >= 0.6 is 15.9 Å². The number of anilines is 1. The molecule has 1 aliphatic rings. The molecule has 1 aliphatic heterocycles. The smallest absolute Gasteiger partial charge is 0.269 e. The number of nitro groups is 1. The Bertz CT molecular complexity index is 826. The van der Waals surface area contributed by atoms with Crippen LogP contribution in [0.3, 0.4) is 0 Å². The summed E-state index contributed by atoms with van der Waals surface area (Å²) >= 11 is 3.21. The van der Waals surface area contributed by atoms with Crippen LogP contribution < -0.4 is 10.2 Å². The van der Waals surface area contributed by atoms with Gasteiger partial charge in [0.2, 0.25) is 0 Å². The molecule has 32 heavy (non-hydrogen) atoms. The average molecular weight is 509 g/mol. The van der Waals surface area contributed by atoms with E-state index in [0.717, 1.165) is 61.7 Å². The fraction of sp³-hybridized carbons (Fsp3) is 0.522. The summed E-state index contributed by atoms with van der Waals surface area (Å²) in [6.45, 7) is 15.7. The van der Waals surface area contributed by atoms with Crippen LogP contribution in [0.5, 0.6) is 0 Å². The van der Waals surface area contributed by atoms with Gasteiger partial charge in [0.25, 0.3) is 5.69 Å². The van der Waals surface area contributed by atoms with Gasteiger partial charge < -0.3 is 10.2 Å². The van der Waals surface area contributed by atoms with E-state index in [0.29, 0.717) is 4.62 Å². The lowest BCUT2D eigenvalue weighted by molar-refractivity contribution is -0.384. The lowest BCUT2D eigenvalue weighted by atomic mass is 10.1. The van der Waals surface area contributed by atoms with E-state index in [1.165, 1.54) is 6.07 Å². The minimum atomic E-state index is -0.362. The van der Waals surface area contributed by atoms with Crippen LogP contribution in [0.1, 0.15) is 57.9 Å². The van der Waals surface area contributed by atoms with Gasteiger partial charge in [0.1, 0.15) is 16.8 Å². The van der Waals surface area contributed by atoms with Crippen molar-refractivity contribution < 1.29 is 4.92 Å². The first kappa shape index (κ1) is 29.6. The molecule has 2 aromatic rings. The number of piperazine rings is 1. The quantitative estimate of drug-likeness (QED) is 0.312. The highest BCUT2D eigenvalue weighted by Crippen LogP contribution is 2.22. The van der Waals surface area contributed by atoms with Crippen molar-refractivity contribution in [3.63, 3.8) is 0 Å². The molecule has 1 saturated heterocycles. The summed E-state index contributed by atoms with van der Waals surface area (Å²) in [5, 5.41) is 21.4. The van der Waals surface area contributed by atoms with Crippen molar-refractivity contribution >= 4 is 32.1 Å². The minimum Gasteiger partial charge on any atom is -0.353 e. The van der Waals surface area contributed by atoms with Crippen LogP contribution in [0, 0.1) is 22.4 Å². The first-order valence-corrected chi connectivity index (χ1v) is 12.0. The predicted octanol–water partition coefficient (Wildman–Crippen LogP) is 5.51. The summed E-state index contributed by atoms with van der Waals surface area (Å²) in [6.07, 6.45) is 3.48. The van der Waals surface area contributed by atoms with E-state index in [4.69, 9.17) is 5.41 Å². The molecule has 0 radical (unpaired) electrons. The third-order valence-electron chi connectivity index (χ3n) is 4.31. The maximum absolute atomic E-state index is 10.4. The van der Waals surface area contributed by atoms with Crippen molar-refractivity contribution in [3.05, 3.63) is 57.5 Å². The summed E-state index contributed by atoms with van der Waals surface area (Å²) in [7, 11) is 0. The van der Waals surface area contributed by atoms with Crippen LogP contribution in [0.2, 0.25) is 0 Å². The molecule has 8 nitrogen and oxygen atoms in total. The van der Waals surface area contributed by atoms with Gasteiger partial charge in [-0.2, -0.15) is 0 Å². The largest absolute Gasteiger partial charge is 0.353 e. The normalized spacial score (nSPS) is 12.2. The van der Waals surface area contributed by atoms with E-state index in [2.05, 4.69) is 43.0 Å². The van der Waals surface area contributed by atoms with Gasteiger partial charge in [0, 0.05) is 38.3 Å². The highest BCUT2D eigenvalue weighted by atomic mass is 79.9. The average Bonchev–Trinajstić information content (AvgIpc) is 2.82. The van der Waals surface area contributed by atoms with E-state index in [1.54, 1.807) is 18.5 Å². The molecular formula is C23H37BrN6O2. The molecule has 2 N–H and O–H groups in total. The lowest BCUT2D eigenvalue weighted by Gasteiger charge is -2.29. The molecule has 0 atom stereocenters. The Kier molecular flexibility index (Phi) is 15.9. The number of halogens is 1. The Hall–Kier alpha value is -2.39. The maximum Gasteiger partial charge on any atom is 0.269 e. The fourth-order valence-corrected chi connectivity index (χ4v) is 3.41. The first-order valence-electron chi connectivity index (χ1n) is 11.2. The zero-order valence-corrected chi connectivity index (χ0v) is 21.7. The van der Waals surface area contributed by atoms with Gasteiger partial charge in [-0.1, -0.05) is 53.2 Å². The van der Waals surface area contributed by atoms with Gasteiger partial charge in [0.15, 0.2) is 0 Å². The summed E-state index contributed by atoms with van der Waals surface area (Å²) in [4.78, 5) is 20.6. The Morgan fingerprint density at radius 2 is 1.84 bits per heavy atom. The zero-order valence-electron chi connectivity index (χ0n) is 20.1. The van der Waals surface area contributed by atoms with Gasteiger partial charge >= 0.3 is 0 Å². The number of nitrogens with one attached hydrogen (secondary N) is 2. The number of rotatable bonds is 5. The Labute approximate surface area is 200 Å². The Morgan fingerprint density at radius 1 is 1.22 bits per heavy atom. The van der Waals surface area contributed by atoms with E-state index in [1.807, 2.05) is 40.7 Å².